The van der Waals surface area contributed by atoms with Gasteiger partial charge in [-0.05, 0) is 31.4 Å². The van der Waals surface area contributed by atoms with Crippen molar-refractivity contribution in [3.05, 3.63) is 35.9 Å². The van der Waals surface area contributed by atoms with Crippen LogP contribution in [0.25, 0.3) is 0 Å². The fourth-order valence-corrected chi connectivity index (χ4v) is 3.79. The minimum atomic E-state index is 0. The predicted molar refractivity (Wildman–Crippen MR) is 125 cm³/mol. The van der Waals surface area contributed by atoms with Crippen molar-refractivity contribution in [2.45, 2.75) is 25.2 Å². The Morgan fingerprint density at radius 1 is 1.11 bits per heavy atom. The summed E-state index contributed by atoms with van der Waals surface area (Å²) in [5.74, 6) is 1.54. The second-order valence-electron chi connectivity index (χ2n) is 8.16. The molecule has 1 atom stereocenters. The van der Waals surface area contributed by atoms with Crippen molar-refractivity contribution < 1.29 is 0 Å². The summed E-state index contributed by atoms with van der Waals surface area (Å²) in [4.78, 5) is 9.40. The highest BCUT2D eigenvalue weighted by atomic mass is 127. The molecule has 1 saturated carbocycles. The van der Waals surface area contributed by atoms with E-state index in [1.807, 2.05) is 7.05 Å². The molecule has 1 aliphatic heterocycles. The Morgan fingerprint density at radius 3 is 2.37 bits per heavy atom. The van der Waals surface area contributed by atoms with Crippen molar-refractivity contribution in [1.29, 1.82) is 0 Å². The lowest BCUT2D eigenvalue weighted by molar-refractivity contribution is 0.139. The maximum atomic E-state index is 4.42. The van der Waals surface area contributed by atoms with Gasteiger partial charge in [0.25, 0.3) is 0 Å². The third-order valence-electron chi connectivity index (χ3n) is 5.84. The largest absolute Gasteiger partial charge is 0.356 e. The molecule has 2 fully saturated rings. The first-order chi connectivity index (χ1) is 12.6. The molecule has 27 heavy (non-hydrogen) atoms. The van der Waals surface area contributed by atoms with Crippen LogP contribution in [0.2, 0.25) is 0 Å². The molecule has 1 heterocycles. The highest BCUT2D eigenvalue weighted by molar-refractivity contribution is 14.0. The SMILES string of the molecule is CN=C(NCC(C)CN1CCN(C)CC1)NCC1(c2ccccc2)CC1.I. The van der Waals surface area contributed by atoms with E-state index in [0.29, 0.717) is 11.3 Å². The van der Waals surface area contributed by atoms with Crippen molar-refractivity contribution in [3.8, 4) is 0 Å². The molecule has 0 spiro atoms. The van der Waals surface area contributed by atoms with E-state index in [4.69, 9.17) is 0 Å². The number of rotatable bonds is 7. The van der Waals surface area contributed by atoms with Crippen molar-refractivity contribution in [2.24, 2.45) is 10.9 Å². The average molecular weight is 485 g/mol. The zero-order valence-electron chi connectivity index (χ0n) is 17.1. The van der Waals surface area contributed by atoms with Crippen molar-refractivity contribution in [2.75, 3.05) is 59.9 Å². The van der Waals surface area contributed by atoms with Crippen LogP contribution >= 0.6 is 24.0 Å². The Balaban J connectivity index is 0.00000261. The number of nitrogens with zero attached hydrogens (tertiary/aromatic N) is 3. The predicted octanol–water partition coefficient (Wildman–Crippen LogP) is 2.38. The Labute approximate surface area is 182 Å². The number of piperazine rings is 1. The van der Waals surface area contributed by atoms with Gasteiger partial charge in [-0.2, -0.15) is 0 Å². The summed E-state index contributed by atoms with van der Waals surface area (Å²) in [6, 6.07) is 10.9. The second-order valence-corrected chi connectivity index (χ2v) is 8.16. The number of likely N-dealkylation sites (N-methyl/N-ethyl adjacent to an activating group) is 1. The molecule has 0 bridgehead atoms. The summed E-state index contributed by atoms with van der Waals surface area (Å²) < 4.78 is 0. The van der Waals surface area contributed by atoms with Crippen LogP contribution in [0.5, 0.6) is 0 Å². The molecular formula is C21H36IN5. The fraction of sp³-hybridized carbons (Fsp3) is 0.667. The number of hydrogen-bond acceptors (Lipinski definition) is 3. The minimum Gasteiger partial charge on any atom is -0.356 e. The van der Waals surface area contributed by atoms with Crippen LogP contribution in [0.4, 0.5) is 0 Å². The van der Waals surface area contributed by atoms with Gasteiger partial charge in [0.15, 0.2) is 5.96 Å². The topological polar surface area (TPSA) is 42.9 Å². The molecular weight excluding hydrogens is 449 g/mol. The standard InChI is InChI=1S/C21H35N5.HI/c1-18(16-26-13-11-25(3)12-14-26)15-23-20(22-2)24-17-21(9-10-21)19-7-5-4-6-8-19;/h4-8,18H,9-17H2,1-3H3,(H2,22,23,24);1H. The smallest absolute Gasteiger partial charge is 0.191 e. The number of benzene rings is 1. The van der Waals surface area contributed by atoms with Gasteiger partial charge in [-0.1, -0.05) is 37.3 Å². The molecule has 0 radical (unpaired) electrons. The van der Waals surface area contributed by atoms with E-state index in [2.05, 4.69) is 69.7 Å². The van der Waals surface area contributed by atoms with E-state index in [1.165, 1.54) is 44.6 Å². The first-order valence-electron chi connectivity index (χ1n) is 10.0. The van der Waals surface area contributed by atoms with Gasteiger partial charge in [-0.25, -0.2) is 0 Å². The number of hydrogen-bond donors (Lipinski definition) is 2. The Morgan fingerprint density at radius 2 is 1.78 bits per heavy atom. The molecule has 1 saturated heterocycles. The second kappa shape index (κ2) is 10.6. The average Bonchev–Trinajstić information content (AvgIpc) is 3.46. The molecule has 1 aliphatic carbocycles. The quantitative estimate of drug-likeness (QED) is 0.354. The molecule has 1 unspecified atom stereocenters. The molecule has 3 rings (SSSR count). The van der Waals surface area contributed by atoms with Crippen LogP contribution in [0.1, 0.15) is 25.3 Å². The molecule has 0 amide bonds. The molecule has 1 aromatic rings. The molecule has 0 aromatic heterocycles. The van der Waals surface area contributed by atoms with Crippen LogP contribution < -0.4 is 10.6 Å². The zero-order chi connectivity index (χ0) is 18.4. The maximum Gasteiger partial charge on any atom is 0.191 e. The summed E-state index contributed by atoms with van der Waals surface area (Å²) in [7, 11) is 4.07. The lowest BCUT2D eigenvalue weighted by Gasteiger charge is -2.34. The molecule has 5 nitrogen and oxygen atoms in total. The summed E-state index contributed by atoms with van der Waals surface area (Å²) in [5, 5.41) is 7.08. The maximum absolute atomic E-state index is 4.42. The Kier molecular flexibility index (Phi) is 8.82. The lowest BCUT2D eigenvalue weighted by atomic mass is 9.96. The van der Waals surface area contributed by atoms with Crippen molar-refractivity contribution in [3.63, 3.8) is 0 Å². The number of nitrogens with one attached hydrogen (secondary N) is 2. The van der Waals surface area contributed by atoms with E-state index in [1.54, 1.807) is 0 Å². The van der Waals surface area contributed by atoms with Crippen LogP contribution in [-0.2, 0) is 5.41 Å². The monoisotopic (exact) mass is 485 g/mol. The molecule has 1 aromatic carbocycles. The van der Waals surface area contributed by atoms with Crippen LogP contribution in [0, 0.1) is 5.92 Å². The fourth-order valence-electron chi connectivity index (χ4n) is 3.79. The van der Waals surface area contributed by atoms with E-state index < -0.39 is 0 Å². The van der Waals surface area contributed by atoms with Crippen molar-refractivity contribution in [1.82, 2.24) is 20.4 Å². The number of halogens is 1. The summed E-state index contributed by atoms with van der Waals surface area (Å²) in [6.07, 6.45) is 2.53. The number of guanidine groups is 1. The normalized spacial score (nSPS) is 21.2. The van der Waals surface area contributed by atoms with Gasteiger partial charge < -0.3 is 20.4 Å². The summed E-state index contributed by atoms with van der Waals surface area (Å²) in [6.45, 7) is 10.2. The third kappa shape index (κ3) is 6.61. The van der Waals surface area contributed by atoms with Gasteiger partial charge in [0.1, 0.15) is 0 Å². The van der Waals surface area contributed by atoms with Gasteiger partial charge >= 0.3 is 0 Å². The van der Waals surface area contributed by atoms with Crippen molar-refractivity contribution >= 4 is 29.9 Å². The summed E-state index contributed by atoms with van der Waals surface area (Å²) >= 11 is 0. The highest BCUT2D eigenvalue weighted by Gasteiger charge is 2.43. The summed E-state index contributed by atoms with van der Waals surface area (Å²) in [5.41, 5.74) is 1.76. The van der Waals surface area contributed by atoms with Gasteiger partial charge in [0.05, 0.1) is 0 Å². The zero-order valence-corrected chi connectivity index (χ0v) is 19.4. The van der Waals surface area contributed by atoms with Crippen LogP contribution in [-0.4, -0.2) is 75.7 Å². The van der Waals surface area contributed by atoms with Gasteiger partial charge in [0, 0.05) is 58.3 Å². The first-order valence-corrected chi connectivity index (χ1v) is 10.0. The molecule has 2 aliphatic rings. The van der Waals surface area contributed by atoms with E-state index in [0.717, 1.165) is 25.6 Å². The van der Waals surface area contributed by atoms with E-state index in [-0.39, 0.29) is 24.0 Å². The van der Waals surface area contributed by atoms with Crippen LogP contribution in [0.15, 0.2) is 35.3 Å². The van der Waals surface area contributed by atoms with E-state index in [9.17, 15) is 0 Å². The Hall–Kier alpha value is -0.860. The van der Waals surface area contributed by atoms with Gasteiger partial charge in [-0.15, -0.1) is 24.0 Å². The molecule has 2 N–H and O–H groups in total. The minimum absolute atomic E-state index is 0. The van der Waals surface area contributed by atoms with Gasteiger partial charge in [0.2, 0.25) is 0 Å². The molecule has 6 heteroatoms. The van der Waals surface area contributed by atoms with E-state index >= 15 is 0 Å². The first kappa shape index (κ1) is 22.4. The lowest BCUT2D eigenvalue weighted by Crippen LogP contribution is -2.48. The van der Waals surface area contributed by atoms with Gasteiger partial charge in [-0.3, -0.25) is 4.99 Å². The van der Waals surface area contributed by atoms with Crippen LogP contribution in [0.3, 0.4) is 0 Å². The Bertz CT molecular complexity index is 579. The molecule has 152 valence electrons. The number of aliphatic imine (C=N–C) groups is 1. The third-order valence-corrected chi connectivity index (χ3v) is 5.84. The highest BCUT2D eigenvalue weighted by Crippen LogP contribution is 2.47.